The number of fused-ring (bicyclic) bond motifs is 7. The molecule has 0 bridgehead atoms. The summed E-state index contributed by atoms with van der Waals surface area (Å²) in [6.45, 7) is 18.4. The van der Waals surface area contributed by atoms with Gasteiger partial charge in [0.2, 0.25) is 12.1 Å². The molecule has 0 aromatic heterocycles. The molecule has 20 heteroatoms. The van der Waals surface area contributed by atoms with Crippen LogP contribution in [0.25, 0.3) is 0 Å². The molecule has 0 aromatic carbocycles. The Morgan fingerprint density at radius 1 is 0.726 bits per heavy atom. The van der Waals surface area contributed by atoms with Crippen molar-refractivity contribution >= 4 is 11.8 Å². The van der Waals surface area contributed by atoms with Gasteiger partial charge < -0.3 is 89.0 Å². The molecular formula is C53H82O20. The molecule has 4 heterocycles. The highest BCUT2D eigenvalue weighted by molar-refractivity contribution is 5.94. The lowest BCUT2D eigenvalue weighted by Gasteiger charge is -2.72. The zero-order valence-corrected chi connectivity index (χ0v) is 43.7. The summed E-state index contributed by atoms with van der Waals surface area (Å²) in [5.74, 6) is -1.82. The van der Waals surface area contributed by atoms with Crippen LogP contribution in [0.5, 0.6) is 0 Å². The second-order valence-corrected chi connectivity index (χ2v) is 25.3. The number of hydrogen-bond acceptors (Lipinski definition) is 19. The molecule has 25 atom stereocenters. The highest BCUT2D eigenvalue weighted by Crippen LogP contribution is 2.76. The summed E-state index contributed by atoms with van der Waals surface area (Å²) in [5, 5.41) is 108. The molecule has 9 rings (SSSR count). The molecule has 5 aliphatic carbocycles. The van der Waals surface area contributed by atoms with Crippen molar-refractivity contribution in [2.24, 2.45) is 50.2 Å². The SMILES string of the molecule is CC1=C(O)C(=O)CC(OC2CC(C)(C)C[C@H]3C4=CC[C@@H]5[C@@]6(C)CC[C@H](O[C@@H]7O[C@H](C(=O)O)[C@H](O)[C@H](O)[C@H]7O[C@@H]7OC[C@H](O)[C@H](O)[C@H]7O[C@@H]7O[C@@H](C)[C@H](O)[C@@H](O)[C@H]7O)[C@](C)(CO)[C@@H]6CC[C@@]5(C)[C@]4(C)CC[C@@]23C)O1. The molecule has 4 saturated carbocycles. The number of aliphatic hydroxyl groups is 9. The number of rotatable bonds is 10. The van der Waals surface area contributed by atoms with E-state index in [0.717, 1.165) is 44.9 Å². The molecular weight excluding hydrogens is 957 g/mol. The Morgan fingerprint density at radius 3 is 2.08 bits per heavy atom. The fourth-order valence-corrected chi connectivity index (χ4v) is 16.0. The molecule has 0 radical (unpaired) electrons. The quantitative estimate of drug-likeness (QED) is 0.111. The lowest BCUT2D eigenvalue weighted by Crippen LogP contribution is -2.68. The van der Waals surface area contributed by atoms with Gasteiger partial charge in [-0.1, -0.05) is 60.1 Å². The molecule has 2 unspecified atom stereocenters. The van der Waals surface area contributed by atoms with E-state index in [9.17, 15) is 60.7 Å². The number of aliphatic hydroxyl groups excluding tert-OH is 9. The highest BCUT2D eigenvalue weighted by atomic mass is 16.8. The summed E-state index contributed by atoms with van der Waals surface area (Å²) >= 11 is 0. The molecule has 20 nitrogen and oxygen atoms in total. The minimum Gasteiger partial charge on any atom is -0.502 e. The third-order valence-corrected chi connectivity index (χ3v) is 20.7. The fraction of sp³-hybridized carbons (Fsp3) is 0.887. The maximum absolute atomic E-state index is 12.7. The van der Waals surface area contributed by atoms with Gasteiger partial charge in [-0.2, -0.15) is 0 Å². The Balaban J connectivity index is 0.968. The normalized spacial score (nSPS) is 52.9. The van der Waals surface area contributed by atoms with Gasteiger partial charge in [0.25, 0.3) is 0 Å². The minimum atomic E-state index is -2.04. The van der Waals surface area contributed by atoms with Crippen LogP contribution in [0, 0.1) is 50.2 Å². The van der Waals surface area contributed by atoms with E-state index in [2.05, 4.69) is 47.6 Å². The summed E-state index contributed by atoms with van der Waals surface area (Å²) in [5.41, 5.74) is -0.391. The van der Waals surface area contributed by atoms with Crippen molar-refractivity contribution in [3.63, 3.8) is 0 Å². The summed E-state index contributed by atoms with van der Waals surface area (Å²) < 4.78 is 49.0. The van der Waals surface area contributed by atoms with Crippen LogP contribution in [-0.2, 0) is 47.5 Å². The Kier molecular flexibility index (Phi) is 14.8. The Morgan fingerprint density at radius 2 is 1.41 bits per heavy atom. The topological polar surface area (TPSA) is 310 Å². The van der Waals surface area contributed by atoms with E-state index in [1.54, 1.807) is 6.92 Å². The first-order valence-corrected chi connectivity index (χ1v) is 26.5. The van der Waals surface area contributed by atoms with Gasteiger partial charge in [0, 0.05) is 10.8 Å². The van der Waals surface area contributed by atoms with Gasteiger partial charge >= 0.3 is 5.97 Å². The van der Waals surface area contributed by atoms with E-state index in [1.807, 2.05) is 6.92 Å². The number of allylic oxidation sites excluding steroid dienone is 4. The highest BCUT2D eigenvalue weighted by Gasteiger charge is 2.70. The Hall–Kier alpha value is -2.38. The van der Waals surface area contributed by atoms with Crippen molar-refractivity contribution in [1.29, 1.82) is 0 Å². The number of carboxylic acids is 1. The van der Waals surface area contributed by atoms with Crippen molar-refractivity contribution in [3.8, 4) is 0 Å². The van der Waals surface area contributed by atoms with Gasteiger partial charge in [-0.15, -0.1) is 0 Å². The third kappa shape index (κ3) is 8.95. The predicted molar refractivity (Wildman–Crippen MR) is 253 cm³/mol. The van der Waals surface area contributed by atoms with Crippen LogP contribution in [0.2, 0.25) is 0 Å². The van der Waals surface area contributed by atoms with Gasteiger partial charge in [-0.25, -0.2) is 4.79 Å². The minimum absolute atomic E-state index is 0.0412. The summed E-state index contributed by atoms with van der Waals surface area (Å²) in [7, 11) is 0. The van der Waals surface area contributed by atoms with Gasteiger partial charge in [0.05, 0.1) is 37.9 Å². The van der Waals surface area contributed by atoms with E-state index in [4.69, 9.17) is 37.9 Å². The van der Waals surface area contributed by atoms with E-state index in [0.29, 0.717) is 12.8 Å². The third-order valence-electron chi connectivity index (χ3n) is 20.7. The lowest BCUT2D eigenvalue weighted by molar-refractivity contribution is -0.387. The molecule has 0 amide bonds. The molecule has 3 saturated heterocycles. The standard InChI is InChI=1S/C53H82O20/c1-23-34(57)27(55)18-33(67-23)69-32-20-48(3,4)19-26-25-10-11-30-50(6)14-13-31(51(7,22-54)29(50)12-15-53(30,9)52(25,8)17-16-49(26,32)5)70-47-43(39(62)38(61)41(71-47)44(64)65)73-46-42(36(59)28(56)21-66-46)72-45-40(63)37(60)35(58)24(2)68-45/h10,24,26,28-33,35-43,45-47,54,56-63H,11-22H2,1-9H3,(H,64,65)/t24-,26-,28-,29+,30+,31-,32?,33?,35-,36-,37+,38+,39-,40+,41-,42+,43+,45-,46-,47+,49+,50-,51+,52+,53+/m0/s1. The fourth-order valence-electron chi connectivity index (χ4n) is 16.0. The molecule has 414 valence electrons. The number of ketones is 1. The molecule has 0 aromatic rings. The van der Waals surface area contributed by atoms with Gasteiger partial charge in [-0.05, 0) is 111 Å². The maximum Gasteiger partial charge on any atom is 0.335 e. The van der Waals surface area contributed by atoms with Crippen LogP contribution in [0.4, 0.5) is 0 Å². The number of carbonyl (C=O) groups excluding carboxylic acids is 1. The summed E-state index contributed by atoms with van der Waals surface area (Å²) in [4.78, 5) is 25.2. The molecule has 10 N–H and O–H groups in total. The first-order valence-electron chi connectivity index (χ1n) is 26.5. The number of hydrogen-bond donors (Lipinski definition) is 10. The van der Waals surface area contributed by atoms with E-state index >= 15 is 0 Å². The zero-order chi connectivity index (χ0) is 53.3. The van der Waals surface area contributed by atoms with Gasteiger partial charge in [-0.3, -0.25) is 4.79 Å². The predicted octanol–water partition coefficient (Wildman–Crippen LogP) is 2.47. The van der Waals surface area contributed by atoms with E-state index < -0.39 is 116 Å². The molecule has 4 aliphatic heterocycles. The second kappa shape index (κ2) is 19.5. The first kappa shape index (κ1) is 55.4. The van der Waals surface area contributed by atoms with Crippen molar-refractivity contribution in [2.75, 3.05) is 13.2 Å². The first-order chi connectivity index (χ1) is 34.0. The Bertz CT molecular complexity index is 2150. The Labute approximate surface area is 426 Å². The number of carbonyl (C=O) groups is 2. The van der Waals surface area contributed by atoms with Crippen LogP contribution in [0.3, 0.4) is 0 Å². The summed E-state index contributed by atoms with van der Waals surface area (Å²) in [6.07, 6.45) is -15.9. The van der Waals surface area contributed by atoms with Crippen molar-refractivity contribution in [2.45, 2.75) is 231 Å². The number of ether oxygens (including phenoxy) is 8. The van der Waals surface area contributed by atoms with Crippen LogP contribution < -0.4 is 0 Å². The van der Waals surface area contributed by atoms with Crippen molar-refractivity contribution in [1.82, 2.24) is 0 Å². The number of Topliss-reactive ketones (excluding diaryl/α,β-unsaturated/α-hetero) is 1. The van der Waals surface area contributed by atoms with Crippen LogP contribution in [0.15, 0.2) is 23.2 Å². The van der Waals surface area contributed by atoms with Crippen LogP contribution >= 0.6 is 0 Å². The molecule has 73 heavy (non-hydrogen) atoms. The average molecular weight is 1040 g/mol. The largest absolute Gasteiger partial charge is 0.502 e. The van der Waals surface area contributed by atoms with E-state index in [1.165, 1.54) is 12.5 Å². The van der Waals surface area contributed by atoms with Gasteiger partial charge in [0.1, 0.15) is 60.7 Å². The molecule has 0 spiro atoms. The molecule has 7 fully saturated rings. The monoisotopic (exact) mass is 1040 g/mol. The van der Waals surface area contributed by atoms with Gasteiger partial charge in [0.15, 0.2) is 30.7 Å². The van der Waals surface area contributed by atoms with Crippen LogP contribution in [0.1, 0.15) is 127 Å². The van der Waals surface area contributed by atoms with Crippen LogP contribution in [-0.4, -0.2) is 181 Å². The second-order valence-electron chi connectivity index (χ2n) is 25.3. The van der Waals surface area contributed by atoms with E-state index in [-0.39, 0.29) is 81.3 Å². The van der Waals surface area contributed by atoms with Crippen molar-refractivity contribution < 1.29 is 98.5 Å². The lowest BCUT2D eigenvalue weighted by atomic mass is 9.33. The molecule has 9 aliphatic rings. The number of carboxylic acid groups (broad SMARTS) is 1. The average Bonchev–Trinajstić information content (AvgIpc) is 3.32. The smallest absolute Gasteiger partial charge is 0.335 e. The summed E-state index contributed by atoms with van der Waals surface area (Å²) in [6, 6.07) is 0. The maximum atomic E-state index is 12.7. The number of aliphatic carboxylic acids is 1. The van der Waals surface area contributed by atoms with Crippen molar-refractivity contribution in [3.05, 3.63) is 23.2 Å². The zero-order valence-electron chi connectivity index (χ0n) is 43.7.